The van der Waals surface area contributed by atoms with Crippen LogP contribution in [0.15, 0.2) is 53.9 Å². The number of benzene rings is 2. The predicted molar refractivity (Wildman–Crippen MR) is 112 cm³/mol. The Bertz CT molecular complexity index is 901. The van der Waals surface area contributed by atoms with Crippen LogP contribution in [0.1, 0.15) is 37.9 Å². The molecule has 0 spiro atoms. The van der Waals surface area contributed by atoms with Gasteiger partial charge in [-0.05, 0) is 30.5 Å². The highest BCUT2D eigenvalue weighted by Gasteiger charge is 2.12. The van der Waals surface area contributed by atoms with Crippen LogP contribution in [0.3, 0.4) is 0 Å². The standard InChI is InChI=1S/C22H24N2O2S/c1-4-26-20-8-6-5-7-19(20)24-21(25)13-18-14-27-22(23-18)17-11-9-16(10-12-17)15(2)3/h5-12,14-15H,4,13H2,1-3H3,(H,24,25). The molecule has 3 rings (SSSR count). The second-order valence-corrected chi connectivity index (χ2v) is 7.43. The molecular formula is C22H24N2O2S. The molecule has 0 atom stereocenters. The number of carbonyl (C=O) groups excluding carboxylic acids is 1. The third-order valence-corrected chi connectivity index (χ3v) is 5.12. The van der Waals surface area contributed by atoms with Crippen LogP contribution >= 0.6 is 11.3 Å². The van der Waals surface area contributed by atoms with E-state index in [1.54, 1.807) is 11.3 Å². The largest absolute Gasteiger partial charge is 0.492 e. The highest BCUT2D eigenvalue weighted by molar-refractivity contribution is 7.13. The molecule has 0 aliphatic carbocycles. The number of hydrogen-bond acceptors (Lipinski definition) is 4. The first-order valence-electron chi connectivity index (χ1n) is 9.13. The topological polar surface area (TPSA) is 51.2 Å². The van der Waals surface area contributed by atoms with Gasteiger partial charge < -0.3 is 10.1 Å². The lowest BCUT2D eigenvalue weighted by atomic mass is 10.0. The first-order chi connectivity index (χ1) is 13.1. The van der Waals surface area contributed by atoms with Crippen molar-refractivity contribution in [3.8, 4) is 16.3 Å². The molecule has 5 heteroatoms. The van der Waals surface area contributed by atoms with Crippen LogP contribution in [0.25, 0.3) is 10.6 Å². The number of hydrogen-bond donors (Lipinski definition) is 1. The normalized spacial score (nSPS) is 10.8. The van der Waals surface area contributed by atoms with E-state index in [0.29, 0.717) is 24.0 Å². The summed E-state index contributed by atoms with van der Waals surface area (Å²) in [6, 6.07) is 15.9. The highest BCUT2D eigenvalue weighted by atomic mass is 32.1. The van der Waals surface area contributed by atoms with E-state index < -0.39 is 0 Å². The van der Waals surface area contributed by atoms with Crippen molar-refractivity contribution in [3.05, 3.63) is 65.2 Å². The summed E-state index contributed by atoms with van der Waals surface area (Å²) in [5.74, 6) is 1.08. The quantitative estimate of drug-likeness (QED) is 0.588. The number of amides is 1. The molecule has 140 valence electrons. The van der Waals surface area contributed by atoms with Gasteiger partial charge in [0.05, 0.1) is 24.4 Å². The fourth-order valence-corrected chi connectivity index (χ4v) is 3.57. The number of nitrogens with one attached hydrogen (secondary N) is 1. The van der Waals surface area contributed by atoms with Crippen molar-refractivity contribution in [2.45, 2.75) is 33.1 Å². The maximum absolute atomic E-state index is 12.4. The zero-order chi connectivity index (χ0) is 19.2. The van der Waals surface area contributed by atoms with E-state index in [-0.39, 0.29) is 12.3 Å². The summed E-state index contributed by atoms with van der Waals surface area (Å²) in [5.41, 5.74) is 3.85. The fraction of sp³-hybridized carbons (Fsp3) is 0.273. The third-order valence-electron chi connectivity index (χ3n) is 4.18. The Morgan fingerprint density at radius 1 is 1.15 bits per heavy atom. The van der Waals surface area contributed by atoms with E-state index in [1.807, 2.05) is 36.6 Å². The molecule has 1 heterocycles. The third kappa shape index (κ3) is 4.95. The van der Waals surface area contributed by atoms with Gasteiger partial charge in [0, 0.05) is 10.9 Å². The fourth-order valence-electron chi connectivity index (χ4n) is 2.74. The number of thiazole rings is 1. The van der Waals surface area contributed by atoms with Crippen LogP contribution in [0, 0.1) is 0 Å². The van der Waals surface area contributed by atoms with E-state index in [1.165, 1.54) is 5.56 Å². The molecule has 1 amide bonds. The molecule has 4 nitrogen and oxygen atoms in total. The molecule has 2 aromatic carbocycles. The molecule has 0 unspecified atom stereocenters. The van der Waals surface area contributed by atoms with Crippen molar-refractivity contribution in [1.29, 1.82) is 0 Å². The Hall–Kier alpha value is -2.66. The van der Waals surface area contributed by atoms with Gasteiger partial charge in [-0.3, -0.25) is 4.79 Å². The van der Waals surface area contributed by atoms with Crippen molar-refractivity contribution in [2.24, 2.45) is 0 Å². The minimum Gasteiger partial charge on any atom is -0.492 e. The van der Waals surface area contributed by atoms with E-state index in [4.69, 9.17) is 4.74 Å². The van der Waals surface area contributed by atoms with Crippen LogP contribution in [0.2, 0.25) is 0 Å². The van der Waals surface area contributed by atoms with Crippen LogP contribution in [0.5, 0.6) is 5.75 Å². The summed E-state index contributed by atoms with van der Waals surface area (Å²) in [7, 11) is 0. The molecule has 27 heavy (non-hydrogen) atoms. The summed E-state index contributed by atoms with van der Waals surface area (Å²) in [5, 5.41) is 5.79. The predicted octanol–water partition coefficient (Wildman–Crippen LogP) is 5.51. The number of ether oxygens (including phenoxy) is 1. The number of anilines is 1. The highest BCUT2D eigenvalue weighted by Crippen LogP contribution is 2.27. The molecular weight excluding hydrogens is 356 g/mol. The van der Waals surface area contributed by atoms with Crippen molar-refractivity contribution in [3.63, 3.8) is 0 Å². The minimum absolute atomic E-state index is 0.103. The van der Waals surface area contributed by atoms with Crippen molar-refractivity contribution >= 4 is 22.9 Å². The van der Waals surface area contributed by atoms with Gasteiger partial charge in [-0.2, -0.15) is 0 Å². The van der Waals surface area contributed by atoms with Gasteiger partial charge >= 0.3 is 0 Å². The number of aromatic nitrogens is 1. The molecule has 1 aromatic heterocycles. The second-order valence-electron chi connectivity index (χ2n) is 6.57. The molecule has 0 aliphatic heterocycles. The minimum atomic E-state index is -0.103. The lowest BCUT2D eigenvalue weighted by molar-refractivity contribution is -0.115. The van der Waals surface area contributed by atoms with E-state index in [9.17, 15) is 4.79 Å². The number of para-hydroxylation sites is 2. The van der Waals surface area contributed by atoms with Gasteiger partial charge in [0.1, 0.15) is 10.8 Å². The summed E-state index contributed by atoms with van der Waals surface area (Å²) >= 11 is 1.56. The average Bonchev–Trinajstić information content (AvgIpc) is 3.12. The molecule has 0 aliphatic rings. The Labute approximate surface area is 164 Å². The molecule has 0 bridgehead atoms. The van der Waals surface area contributed by atoms with E-state index >= 15 is 0 Å². The zero-order valence-corrected chi connectivity index (χ0v) is 16.7. The van der Waals surface area contributed by atoms with Gasteiger partial charge in [0.15, 0.2) is 0 Å². The van der Waals surface area contributed by atoms with Crippen molar-refractivity contribution in [2.75, 3.05) is 11.9 Å². The summed E-state index contributed by atoms with van der Waals surface area (Å²) < 4.78 is 5.55. The molecule has 0 radical (unpaired) electrons. The van der Waals surface area contributed by atoms with Gasteiger partial charge in [-0.25, -0.2) is 4.98 Å². The van der Waals surface area contributed by atoms with Gasteiger partial charge in [0.2, 0.25) is 5.91 Å². The van der Waals surface area contributed by atoms with Crippen LogP contribution in [-0.2, 0) is 11.2 Å². The Morgan fingerprint density at radius 3 is 2.59 bits per heavy atom. The zero-order valence-electron chi connectivity index (χ0n) is 15.9. The molecule has 0 saturated carbocycles. The molecule has 0 fully saturated rings. The first-order valence-corrected chi connectivity index (χ1v) is 10.0. The SMILES string of the molecule is CCOc1ccccc1NC(=O)Cc1csc(-c2ccc(C(C)C)cc2)n1. The summed E-state index contributed by atoms with van der Waals surface area (Å²) in [4.78, 5) is 17.0. The second kappa shape index (κ2) is 8.82. The van der Waals surface area contributed by atoms with Gasteiger partial charge in [-0.1, -0.05) is 50.2 Å². The Balaban J connectivity index is 1.66. The Kier molecular flexibility index (Phi) is 6.24. The van der Waals surface area contributed by atoms with Gasteiger partial charge in [-0.15, -0.1) is 11.3 Å². The van der Waals surface area contributed by atoms with E-state index in [0.717, 1.165) is 16.3 Å². The lowest BCUT2D eigenvalue weighted by Gasteiger charge is -2.10. The van der Waals surface area contributed by atoms with Crippen LogP contribution in [-0.4, -0.2) is 17.5 Å². The van der Waals surface area contributed by atoms with Crippen LogP contribution in [0.4, 0.5) is 5.69 Å². The maximum atomic E-state index is 12.4. The number of nitrogens with zero attached hydrogens (tertiary/aromatic N) is 1. The number of rotatable bonds is 7. The summed E-state index contributed by atoms with van der Waals surface area (Å²) in [6.45, 7) is 6.83. The first kappa shape index (κ1) is 19.1. The number of carbonyl (C=O) groups is 1. The van der Waals surface area contributed by atoms with Gasteiger partial charge in [0.25, 0.3) is 0 Å². The van der Waals surface area contributed by atoms with Crippen molar-refractivity contribution in [1.82, 2.24) is 4.98 Å². The Morgan fingerprint density at radius 2 is 1.89 bits per heavy atom. The molecule has 0 saturated heterocycles. The maximum Gasteiger partial charge on any atom is 0.230 e. The monoisotopic (exact) mass is 380 g/mol. The van der Waals surface area contributed by atoms with Crippen molar-refractivity contribution < 1.29 is 9.53 Å². The smallest absolute Gasteiger partial charge is 0.230 e. The average molecular weight is 381 g/mol. The van der Waals surface area contributed by atoms with Crippen LogP contribution < -0.4 is 10.1 Å². The summed E-state index contributed by atoms with van der Waals surface area (Å²) in [6.07, 6.45) is 0.237. The van der Waals surface area contributed by atoms with E-state index in [2.05, 4.69) is 48.4 Å². The lowest BCUT2D eigenvalue weighted by Crippen LogP contribution is -2.15. The molecule has 1 N–H and O–H groups in total. The molecule has 3 aromatic rings.